The van der Waals surface area contributed by atoms with Crippen molar-refractivity contribution in [1.29, 1.82) is 0 Å². The molecule has 0 saturated carbocycles. The Hall–Kier alpha value is -2.62. The maximum atomic E-state index is 12.4. The van der Waals surface area contributed by atoms with E-state index in [4.69, 9.17) is 4.74 Å². The van der Waals surface area contributed by atoms with Crippen molar-refractivity contribution in [1.82, 2.24) is 14.9 Å². The highest BCUT2D eigenvalue weighted by Crippen LogP contribution is 2.16. The lowest BCUT2D eigenvalue weighted by Gasteiger charge is -2.17. The predicted molar refractivity (Wildman–Crippen MR) is 111 cm³/mol. The number of carbonyl (C=O) groups is 1. The summed E-state index contributed by atoms with van der Waals surface area (Å²) in [6, 6.07) is 9.50. The number of nitrogens with one attached hydrogen (secondary N) is 4. The first-order valence-corrected chi connectivity index (χ1v) is 8.65. The summed E-state index contributed by atoms with van der Waals surface area (Å²) < 4.78 is 6.32. The van der Waals surface area contributed by atoms with E-state index in [1.165, 1.54) is 11.7 Å². The van der Waals surface area contributed by atoms with Crippen LogP contribution >= 0.6 is 12.4 Å². The number of amides is 1. The molecule has 1 amide bonds. The number of aromatic nitrogens is 2. The second-order valence-corrected chi connectivity index (χ2v) is 5.87. The van der Waals surface area contributed by atoms with E-state index >= 15 is 0 Å². The van der Waals surface area contributed by atoms with Crippen molar-refractivity contribution in [2.24, 2.45) is 0 Å². The zero-order valence-electron chi connectivity index (χ0n) is 15.9. The van der Waals surface area contributed by atoms with E-state index in [1.54, 1.807) is 7.05 Å². The van der Waals surface area contributed by atoms with Crippen LogP contribution in [0.3, 0.4) is 0 Å². The topological polar surface area (TPSA) is 117 Å². The van der Waals surface area contributed by atoms with Crippen molar-refractivity contribution < 1.29 is 9.53 Å². The van der Waals surface area contributed by atoms with Crippen LogP contribution in [0.25, 0.3) is 0 Å². The quantitative estimate of drug-likeness (QED) is 0.458. The molecule has 1 aromatic carbocycles. The summed E-state index contributed by atoms with van der Waals surface area (Å²) in [4.78, 5) is 39.1. The highest BCUT2D eigenvalue weighted by Gasteiger charge is 2.17. The van der Waals surface area contributed by atoms with Gasteiger partial charge in [0.15, 0.2) is 0 Å². The van der Waals surface area contributed by atoms with Gasteiger partial charge in [-0.15, -0.1) is 12.4 Å². The van der Waals surface area contributed by atoms with Gasteiger partial charge in [-0.3, -0.25) is 19.1 Å². The van der Waals surface area contributed by atoms with Crippen LogP contribution in [0.5, 0.6) is 0 Å². The summed E-state index contributed by atoms with van der Waals surface area (Å²) in [5.74, 6) is -0.166. The normalized spacial score (nSPS) is 10.2. The van der Waals surface area contributed by atoms with Gasteiger partial charge in [0.05, 0.1) is 13.2 Å². The van der Waals surface area contributed by atoms with Gasteiger partial charge in [-0.2, -0.15) is 0 Å². The number of rotatable bonds is 10. The van der Waals surface area contributed by atoms with E-state index in [-0.39, 0.29) is 49.4 Å². The highest BCUT2D eigenvalue weighted by atomic mass is 35.5. The van der Waals surface area contributed by atoms with Crippen molar-refractivity contribution in [3.63, 3.8) is 0 Å². The Balaban J connectivity index is 0.00000392. The van der Waals surface area contributed by atoms with E-state index in [1.807, 2.05) is 30.3 Å². The average Bonchev–Trinajstić information content (AvgIpc) is 2.66. The summed E-state index contributed by atoms with van der Waals surface area (Å²) in [6.45, 7) is 1.28. The smallest absolute Gasteiger partial charge is 0.330 e. The molecule has 0 atom stereocenters. The molecule has 0 saturated heterocycles. The fourth-order valence-electron chi connectivity index (χ4n) is 2.48. The van der Waals surface area contributed by atoms with Crippen LogP contribution in [-0.4, -0.2) is 42.8 Å². The largest absolute Gasteiger partial charge is 0.383 e. The third-order valence-electron chi connectivity index (χ3n) is 3.89. The molecule has 9 nitrogen and oxygen atoms in total. The van der Waals surface area contributed by atoms with Crippen LogP contribution in [0, 0.1) is 0 Å². The number of nitrogens with zero attached hydrogens (tertiary/aromatic N) is 1. The Kier molecular flexibility index (Phi) is 10.0. The van der Waals surface area contributed by atoms with Gasteiger partial charge in [0, 0.05) is 26.6 Å². The van der Waals surface area contributed by atoms with Crippen LogP contribution in [0.1, 0.15) is 12.0 Å². The van der Waals surface area contributed by atoms with Crippen LogP contribution in [0.4, 0.5) is 11.5 Å². The molecule has 4 N–H and O–H groups in total. The summed E-state index contributed by atoms with van der Waals surface area (Å²) in [5, 5.41) is 8.60. The number of ether oxygens (including phenoxy) is 1. The van der Waals surface area contributed by atoms with Gasteiger partial charge in [-0.05, 0) is 12.6 Å². The molecule has 0 bridgehead atoms. The minimum atomic E-state index is -0.605. The number of aromatic amines is 1. The number of anilines is 2. The molecule has 0 unspecified atom stereocenters. The van der Waals surface area contributed by atoms with Crippen molar-refractivity contribution in [3.8, 4) is 0 Å². The minimum absolute atomic E-state index is 0. The number of methoxy groups -OCH3 is 1. The van der Waals surface area contributed by atoms with E-state index in [9.17, 15) is 14.4 Å². The molecule has 0 aliphatic rings. The molecule has 0 fully saturated rings. The van der Waals surface area contributed by atoms with Gasteiger partial charge in [0.1, 0.15) is 11.5 Å². The Labute approximate surface area is 168 Å². The van der Waals surface area contributed by atoms with E-state index in [0.29, 0.717) is 13.1 Å². The molecule has 2 aromatic rings. The molecular formula is C18H26ClN5O4. The van der Waals surface area contributed by atoms with Crippen molar-refractivity contribution in [2.45, 2.75) is 19.5 Å². The molecule has 28 heavy (non-hydrogen) atoms. The van der Waals surface area contributed by atoms with Crippen LogP contribution in [0.15, 0.2) is 39.9 Å². The lowest BCUT2D eigenvalue weighted by Crippen LogP contribution is -2.36. The molecule has 0 spiro atoms. The lowest BCUT2D eigenvalue weighted by atomic mass is 10.2. The zero-order valence-corrected chi connectivity index (χ0v) is 16.7. The summed E-state index contributed by atoms with van der Waals surface area (Å²) in [6.07, 6.45) is 0.208. The number of H-pyrrole nitrogens is 1. The highest BCUT2D eigenvalue weighted by molar-refractivity contribution is 5.93. The lowest BCUT2D eigenvalue weighted by molar-refractivity contribution is -0.116. The molecule has 0 aliphatic heterocycles. The Morgan fingerprint density at radius 2 is 1.93 bits per heavy atom. The van der Waals surface area contributed by atoms with Crippen LogP contribution in [-0.2, 0) is 22.6 Å². The van der Waals surface area contributed by atoms with Gasteiger partial charge in [0.25, 0.3) is 5.56 Å². The number of benzene rings is 1. The standard InChI is InChI=1S/C18H25N5O4.ClH/c1-19-9-8-14(24)21-16-15(20-12-13-6-4-3-5-7-13)17(25)22-18(26)23(16)10-11-27-2;/h3-7,19-20H,8-12H2,1-2H3,(H,21,24)(H,22,25,26);1H. The Bertz CT molecular complexity index is 867. The number of hydrogen-bond acceptors (Lipinski definition) is 6. The van der Waals surface area contributed by atoms with E-state index in [2.05, 4.69) is 20.9 Å². The van der Waals surface area contributed by atoms with Crippen LogP contribution in [0.2, 0.25) is 0 Å². The predicted octanol–water partition coefficient (Wildman–Crippen LogP) is 0.765. The van der Waals surface area contributed by atoms with Crippen molar-refractivity contribution >= 4 is 29.8 Å². The molecule has 1 aromatic heterocycles. The van der Waals surface area contributed by atoms with Gasteiger partial charge in [0.2, 0.25) is 5.91 Å². The first kappa shape index (κ1) is 23.4. The summed E-state index contributed by atoms with van der Waals surface area (Å²) in [7, 11) is 3.25. The maximum Gasteiger partial charge on any atom is 0.330 e. The number of halogens is 1. The first-order valence-electron chi connectivity index (χ1n) is 8.65. The molecule has 0 aliphatic carbocycles. The molecule has 10 heteroatoms. The molecule has 0 radical (unpaired) electrons. The monoisotopic (exact) mass is 411 g/mol. The third kappa shape index (κ3) is 6.52. The average molecular weight is 412 g/mol. The Morgan fingerprint density at radius 1 is 1.21 bits per heavy atom. The molecule has 2 rings (SSSR count). The molecule has 1 heterocycles. The van der Waals surface area contributed by atoms with Gasteiger partial charge in [-0.25, -0.2) is 4.79 Å². The summed E-state index contributed by atoms with van der Waals surface area (Å²) >= 11 is 0. The fraction of sp³-hybridized carbons (Fsp3) is 0.389. The zero-order chi connectivity index (χ0) is 19.6. The second-order valence-electron chi connectivity index (χ2n) is 5.87. The first-order chi connectivity index (χ1) is 13.1. The SMILES string of the molecule is CNCCC(=O)Nc1c(NCc2ccccc2)c(=O)[nH]c(=O)n1CCOC.Cl. The van der Waals surface area contributed by atoms with Crippen molar-refractivity contribution in [2.75, 3.05) is 37.9 Å². The third-order valence-corrected chi connectivity index (χ3v) is 3.89. The Morgan fingerprint density at radius 3 is 2.57 bits per heavy atom. The van der Waals surface area contributed by atoms with Crippen molar-refractivity contribution in [3.05, 3.63) is 56.7 Å². The molecular weight excluding hydrogens is 386 g/mol. The van der Waals surface area contributed by atoms with E-state index < -0.39 is 11.2 Å². The fourth-order valence-corrected chi connectivity index (χ4v) is 2.48. The van der Waals surface area contributed by atoms with Gasteiger partial charge < -0.3 is 20.7 Å². The summed E-state index contributed by atoms with van der Waals surface area (Å²) in [5.41, 5.74) is -0.105. The molecule has 154 valence electrons. The van der Waals surface area contributed by atoms with E-state index in [0.717, 1.165) is 5.56 Å². The number of carbonyl (C=O) groups excluding carboxylic acids is 1. The second kappa shape index (κ2) is 12.0. The van der Waals surface area contributed by atoms with Gasteiger partial charge >= 0.3 is 5.69 Å². The minimum Gasteiger partial charge on any atom is -0.383 e. The number of hydrogen-bond donors (Lipinski definition) is 4. The van der Waals surface area contributed by atoms with Gasteiger partial charge in [-0.1, -0.05) is 30.3 Å². The van der Waals surface area contributed by atoms with Crippen LogP contribution < -0.4 is 27.2 Å². The maximum absolute atomic E-state index is 12.4.